The van der Waals surface area contributed by atoms with E-state index in [0.29, 0.717) is 30.0 Å². The molecule has 1 N–H and O–H groups in total. The van der Waals surface area contributed by atoms with Gasteiger partial charge in [0.05, 0.1) is 12.2 Å². The molecule has 0 spiro atoms. The van der Waals surface area contributed by atoms with Gasteiger partial charge in [0, 0.05) is 6.04 Å². The molecule has 0 aromatic heterocycles. The van der Waals surface area contributed by atoms with Crippen molar-refractivity contribution in [1.82, 2.24) is 10.2 Å². The molecule has 2 saturated carbocycles. The summed E-state index contributed by atoms with van der Waals surface area (Å²) >= 11 is 0. The van der Waals surface area contributed by atoms with E-state index in [1.165, 1.54) is 64.2 Å². The molecule has 0 bridgehead atoms. The first kappa shape index (κ1) is 15.3. The quantitative estimate of drug-likeness (QED) is 0.805. The van der Waals surface area contributed by atoms with E-state index in [1.54, 1.807) is 0 Å². The molecule has 0 aromatic rings. The lowest BCUT2D eigenvalue weighted by Gasteiger charge is -2.35. The zero-order chi connectivity index (χ0) is 14.8. The highest BCUT2D eigenvalue weighted by Crippen LogP contribution is 2.36. The van der Waals surface area contributed by atoms with E-state index in [4.69, 9.17) is 0 Å². The third-order valence-electron chi connectivity index (χ3n) is 5.90. The monoisotopic (exact) mass is 292 g/mol. The van der Waals surface area contributed by atoms with Gasteiger partial charge in [0.25, 0.3) is 0 Å². The van der Waals surface area contributed by atoms with Crippen molar-refractivity contribution in [2.75, 3.05) is 0 Å². The number of rotatable bonds is 3. The third kappa shape index (κ3) is 3.13. The second-order valence-corrected chi connectivity index (χ2v) is 7.77. The van der Waals surface area contributed by atoms with Gasteiger partial charge in [0.15, 0.2) is 0 Å². The molecule has 1 aliphatic heterocycles. The lowest BCUT2D eigenvalue weighted by Crippen LogP contribution is -2.48. The summed E-state index contributed by atoms with van der Waals surface area (Å²) in [7, 11) is 0. The van der Waals surface area contributed by atoms with Crippen LogP contribution in [0.25, 0.3) is 0 Å². The molecule has 3 aliphatic rings. The minimum Gasteiger partial charge on any atom is -0.323 e. The fourth-order valence-corrected chi connectivity index (χ4v) is 4.69. The molecule has 0 radical (unpaired) electrons. The Bertz CT molecular complexity index is 354. The normalized spacial score (nSPS) is 33.1. The summed E-state index contributed by atoms with van der Waals surface area (Å²) in [4.78, 5) is 15.3. The van der Waals surface area contributed by atoms with Gasteiger partial charge < -0.3 is 4.90 Å². The molecule has 3 rings (SSSR count). The summed E-state index contributed by atoms with van der Waals surface area (Å²) in [5, 5.41) is 3.73. The highest BCUT2D eigenvalue weighted by molar-refractivity contribution is 5.85. The van der Waals surface area contributed by atoms with Gasteiger partial charge in [0.2, 0.25) is 5.91 Å². The maximum atomic E-state index is 13.0. The van der Waals surface area contributed by atoms with Crippen molar-refractivity contribution in [2.24, 2.45) is 11.8 Å². The van der Waals surface area contributed by atoms with Crippen LogP contribution in [0.1, 0.15) is 78.1 Å². The first-order valence-corrected chi connectivity index (χ1v) is 9.26. The summed E-state index contributed by atoms with van der Waals surface area (Å²) in [5.74, 6) is 1.49. The fraction of sp³-hybridized carbons (Fsp3) is 0.944. The van der Waals surface area contributed by atoms with Crippen LogP contribution in [0.2, 0.25) is 0 Å². The average Bonchev–Trinajstić information content (AvgIpc) is 3.00. The second kappa shape index (κ2) is 6.68. The second-order valence-electron chi connectivity index (χ2n) is 7.77. The van der Waals surface area contributed by atoms with Gasteiger partial charge in [-0.25, -0.2) is 0 Å². The van der Waals surface area contributed by atoms with Gasteiger partial charge in [0.1, 0.15) is 0 Å². The van der Waals surface area contributed by atoms with Crippen molar-refractivity contribution in [1.29, 1.82) is 0 Å². The van der Waals surface area contributed by atoms with Crippen molar-refractivity contribution in [2.45, 2.75) is 96.3 Å². The lowest BCUT2D eigenvalue weighted by molar-refractivity contribution is -0.134. The summed E-state index contributed by atoms with van der Waals surface area (Å²) < 4.78 is 0. The van der Waals surface area contributed by atoms with Crippen LogP contribution in [-0.2, 0) is 4.79 Å². The van der Waals surface area contributed by atoms with Gasteiger partial charge in [-0.3, -0.25) is 10.1 Å². The third-order valence-corrected chi connectivity index (χ3v) is 5.90. The van der Waals surface area contributed by atoms with E-state index in [2.05, 4.69) is 24.1 Å². The van der Waals surface area contributed by atoms with Crippen LogP contribution >= 0.6 is 0 Å². The number of hydrogen-bond donors (Lipinski definition) is 1. The molecule has 1 amide bonds. The maximum Gasteiger partial charge on any atom is 0.241 e. The molecule has 3 fully saturated rings. The van der Waals surface area contributed by atoms with Crippen LogP contribution < -0.4 is 5.32 Å². The van der Waals surface area contributed by atoms with E-state index < -0.39 is 0 Å². The fourth-order valence-electron chi connectivity index (χ4n) is 4.69. The predicted molar refractivity (Wildman–Crippen MR) is 85.8 cm³/mol. The largest absolute Gasteiger partial charge is 0.323 e. The topological polar surface area (TPSA) is 32.3 Å². The summed E-state index contributed by atoms with van der Waals surface area (Å²) in [6.07, 6.45) is 13.4. The molecule has 21 heavy (non-hydrogen) atoms. The van der Waals surface area contributed by atoms with Crippen LogP contribution in [0.5, 0.6) is 0 Å². The van der Waals surface area contributed by atoms with Gasteiger partial charge in [-0.15, -0.1) is 0 Å². The van der Waals surface area contributed by atoms with Gasteiger partial charge in [-0.1, -0.05) is 52.4 Å². The van der Waals surface area contributed by atoms with Crippen molar-refractivity contribution >= 4 is 5.91 Å². The Kier molecular flexibility index (Phi) is 4.88. The zero-order valence-corrected chi connectivity index (χ0v) is 13.8. The van der Waals surface area contributed by atoms with Crippen LogP contribution in [0.3, 0.4) is 0 Å². The smallest absolute Gasteiger partial charge is 0.241 e. The Labute approximate surface area is 129 Å². The van der Waals surface area contributed by atoms with E-state index in [9.17, 15) is 4.79 Å². The van der Waals surface area contributed by atoms with Crippen molar-refractivity contribution in [3.05, 3.63) is 0 Å². The van der Waals surface area contributed by atoms with Crippen molar-refractivity contribution < 1.29 is 4.79 Å². The van der Waals surface area contributed by atoms with Gasteiger partial charge >= 0.3 is 0 Å². The van der Waals surface area contributed by atoms with Crippen LogP contribution in [-0.4, -0.2) is 29.1 Å². The Balaban J connectivity index is 1.79. The molecule has 2 unspecified atom stereocenters. The number of carbonyl (C=O) groups is 1. The number of nitrogens with one attached hydrogen (secondary N) is 1. The lowest BCUT2D eigenvalue weighted by atomic mass is 10.00. The van der Waals surface area contributed by atoms with Gasteiger partial charge in [-0.05, 0) is 37.5 Å². The first-order chi connectivity index (χ1) is 10.2. The van der Waals surface area contributed by atoms with Gasteiger partial charge in [-0.2, -0.15) is 0 Å². The molecule has 2 aliphatic carbocycles. The molecule has 1 saturated heterocycles. The highest BCUT2D eigenvalue weighted by Gasteiger charge is 2.46. The van der Waals surface area contributed by atoms with E-state index in [0.717, 1.165) is 0 Å². The first-order valence-electron chi connectivity index (χ1n) is 9.26. The van der Waals surface area contributed by atoms with Crippen LogP contribution in [0.15, 0.2) is 0 Å². The highest BCUT2D eigenvalue weighted by atomic mass is 16.2. The molecule has 3 heteroatoms. The summed E-state index contributed by atoms with van der Waals surface area (Å²) in [5.41, 5.74) is 0. The summed E-state index contributed by atoms with van der Waals surface area (Å²) in [6, 6.07) is 0.556. The van der Waals surface area contributed by atoms with E-state index in [-0.39, 0.29) is 6.04 Å². The van der Waals surface area contributed by atoms with E-state index >= 15 is 0 Å². The Morgan fingerprint density at radius 3 is 2.10 bits per heavy atom. The van der Waals surface area contributed by atoms with Crippen molar-refractivity contribution in [3.63, 3.8) is 0 Å². The Morgan fingerprint density at radius 1 is 0.952 bits per heavy atom. The Morgan fingerprint density at radius 2 is 1.52 bits per heavy atom. The minimum atomic E-state index is 0.0545. The molecule has 120 valence electrons. The zero-order valence-electron chi connectivity index (χ0n) is 13.8. The minimum absolute atomic E-state index is 0.0545. The standard InChI is InChI=1S/C18H32N2O/c1-13(2)16-18(21)20(15-11-5-3-4-6-12-15)17(19-16)14-9-7-8-10-14/h13-17,19H,3-12H2,1-2H3. The SMILES string of the molecule is CC(C)C1NC(C2CCCC2)N(C2CCCCCC2)C1=O. The molecular formula is C18H32N2O. The number of carbonyl (C=O) groups excluding carboxylic acids is 1. The Hall–Kier alpha value is -0.570. The van der Waals surface area contributed by atoms with Crippen LogP contribution in [0, 0.1) is 11.8 Å². The maximum absolute atomic E-state index is 13.0. The molecule has 3 nitrogen and oxygen atoms in total. The number of amides is 1. The summed E-state index contributed by atoms with van der Waals surface area (Å²) in [6.45, 7) is 4.36. The van der Waals surface area contributed by atoms with Crippen LogP contribution in [0.4, 0.5) is 0 Å². The predicted octanol–water partition coefficient (Wildman–Crippen LogP) is 3.68. The number of hydrogen-bond acceptors (Lipinski definition) is 2. The molecular weight excluding hydrogens is 260 g/mol. The van der Waals surface area contributed by atoms with E-state index in [1.807, 2.05) is 0 Å². The number of nitrogens with zero attached hydrogens (tertiary/aromatic N) is 1. The molecule has 2 atom stereocenters. The molecule has 1 heterocycles. The molecule has 0 aromatic carbocycles. The van der Waals surface area contributed by atoms with Crippen molar-refractivity contribution in [3.8, 4) is 0 Å². The average molecular weight is 292 g/mol.